The Morgan fingerprint density at radius 2 is 2.33 bits per heavy atom. The topological polar surface area (TPSA) is 48.1 Å². The van der Waals surface area contributed by atoms with Crippen LogP contribution >= 0.6 is 22.7 Å². The summed E-state index contributed by atoms with van der Waals surface area (Å²) in [7, 11) is 0. The molecule has 1 aromatic carbocycles. The van der Waals surface area contributed by atoms with Gasteiger partial charge in [0.2, 0.25) is 0 Å². The van der Waals surface area contributed by atoms with Gasteiger partial charge in [0.05, 0.1) is 26.5 Å². The van der Waals surface area contributed by atoms with Crippen molar-refractivity contribution in [3.63, 3.8) is 0 Å². The molecule has 0 saturated heterocycles. The summed E-state index contributed by atoms with van der Waals surface area (Å²) < 4.78 is 8.26. The lowest BCUT2D eigenvalue weighted by Gasteiger charge is -2.06. The fourth-order valence-electron chi connectivity index (χ4n) is 1.97. The molecule has 3 nitrogen and oxygen atoms in total. The molecule has 2 N–H and O–H groups in total. The number of nitrogens with two attached hydrogens (primary N) is 1. The van der Waals surface area contributed by atoms with Gasteiger partial charge in [-0.1, -0.05) is 0 Å². The second kappa shape index (κ2) is 4.84. The molecule has 94 valence electrons. The molecule has 0 bridgehead atoms. The van der Waals surface area contributed by atoms with Gasteiger partial charge in [0, 0.05) is 11.5 Å². The van der Waals surface area contributed by atoms with Crippen molar-refractivity contribution in [3.8, 4) is 5.75 Å². The lowest BCUT2D eigenvalue weighted by molar-refractivity contribution is 0.317. The van der Waals surface area contributed by atoms with Gasteiger partial charge in [0.15, 0.2) is 0 Å². The van der Waals surface area contributed by atoms with E-state index < -0.39 is 0 Å². The molecule has 0 amide bonds. The van der Waals surface area contributed by atoms with E-state index in [9.17, 15) is 0 Å². The van der Waals surface area contributed by atoms with Crippen LogP contribution < -0.4 is 10.5 Å². The van der Waals surface area contributed by atoms with Gasteiger partial charge in [-0.05, 0) is 31.3 Å². The molecule has 0 saturated carbocycles. The summed E-state index contributed by atoms with van der Waals surface area (Å²) in [6.45, 7) is 3.37. The number of thiophene rings is 1. The standard InChI is InChI=1S/C13H14N2OS2/c1-8-15-12-11(18-8)7-10(16-5-2-4-14)9-3-6-17-13(9)12/h3,6-7H,2,4-5,14H2,1H3. The maximum Gasteiger partial charge on any atom is 0.129 e. The molecule has 3 aromatic rings. The Hall–Kier alpha value is -1.17. The molecule has 0 radical (unpaired) electrons. The minimum atomic E-state index is 0.661. The van der Waals surface area contributed by atoms with Gasteiger partial charge in [0.1, 0.15) is 5.75 Å². The molecular formula is C13H14N2OS2. The summed E-state index contributed by atoms with van der Waals surface area (Å²) >= 11 is 3.44. The monoisotopic (exact) mass is 278 g/mol. The first-order valence-electron chi connectivity index (χ1n) is 5.90. The Bertz CT molecular complexity index is 687. The molecule has 18 heavy (non-hydrogen) atoms. The highest BCUT2D eigenvalue weighted by atomic mass is 32.1. The third-order valence-electron chi connectivity index (χ3n) is 2.77. The van der Waals surface area contributed by atoms with Crippen LogP contribution in [0.1, 0.15) is 11.4 Å². The summed E-state index contributed by atoms with van der Waals surface area (Å²) in [6.07, 6.45) is 0.880. The highest BCUT2D eigenvalue weighted by Gasteiger charge is 2.12. The van der Waals surface area contributed by atoms with Crippen LogP contribution in [0, 0.1) is 6.92 Å². The summed E-state index contributed by atoms with van der Waals surface area (Å²) in [5.41, 5.74) is 6.60. The lowest BCUT2D eigenvalue weighted by atomic mass is 10.2. The minimum absolute atomic E-state index is 0.661. The first kappa shape index (κ1) is 11.9. The van der Waals surface area contributed by atoms with Crippen LogP contribution in [0.25, 0.3) is 20.3 Å². The van der Waals surface area contributed by atoms with Crippen molar-refractivity contribution >= 4 is 43.0 Å². The SMILES string of the molecule is Cc1nc2c(cc(OCCCN)c3ccsc32)s1. The zero-order valence-electron chi connectivity index (χ0n) is 10.1. The zero-order valence-corrected chi connectivity index (χ0v) is 11.7. The first-order chi connectivity index (χ1) is 8.79. The van der Waals surface area contributed by atoms with Crippen molar-refractivity contribution in [1.82, 2.24) is 4.98 Å². The van der Waals surface area contributed by atoms with E-state index in [0.29, 0.717) is 13.2 Å². The van der Waals surface area contributed by atoms with Crippen molar-refractivity contribution < 1.29 is 4.74 Å². The molecule has 3 rings (SSSR count). The highest BCUT2D eigenvalue weighted by molar-refractivity contribution is 7.21. The number of aromatic nitrogens is 1. The quantitative estimate of drug-likeness (QED) is 0.742. The first-order valence-corrected chi connectivity index (χ1v) is 7.59. The van der Waals surface area contributed by atoms with Crippen LogP contribution in [0.15, 0.2) is 17.5 Å². The van der Waals surface area contributed by atoms with Crippen LogP contribution in [-0.2, 0) is 0 Å². The fraction of sp³-hybridized carbons (Fsp3) is 0.308. The van der Waals surface area contributed by atoms with Crippen LogP contribution in [0.3, 0.4) is 0 Å². The number of benzene rings is 1. The third kappa shape index (κ3) is 1.98. The number of thiazole rings is 1. The summed E-state index contributed by atoms with van der Waals surface area (Å²) in [4.78, 5) is 4.60. The van der Waals surface area contributed by atoms with E-state index in [4.69, 9.17) is 10.5 Å². The second-order valence-electron chi connectivity index (χ2n) is 4.11. The number of aryl methyl sites for hydroxylation is 1. The number of hydrogen-bond acceptors (Lipinski definition) is 5. The summed E-state index contributed by atoms with van der Waals surface area (Å²) in [5.74, 6) is 0.954. The zero-order chi connectivity index (χ0) is 12.5. The number of rotatable bonds is 4. The van der Waals surface area contributed by atoms with E-state index >= 15 is 0 Å². The molecule has 0 fully saturated rings. The third-order valence-corrected chi connectivity index (χ3v) is 4.61. The van der Waals surface area contributed by atoms with E-state index in [0.717, 1.165) is 28.1 Å². The second-order valence-corrected chi connectivity index (χ2v) is 6.26. The van der Waals surface area contributed by atoms with Crippen LogP contribution in [0.2, 0.25) is 0 Å². The Balaban J connectivity index is 2.12. The molecule has 0 aliphatic rings. The normalized spacial score (nSPS) is 11.4. The molecule has 0 aliphatic carbocycles. The number of hydrogen-bond donors (Lipinski definition) is 1. The average Bonchev–Trinajstić information content (AvgIpc) is 2.94. The molecule has 0 atom stereocenters. The van der Waals surface area contributed by atoms with Gasteiger partial charge >= 0.3 is 0 Å². The molecule has 2 aromatic heterocycles. The Morgan fingerprint density at radius 1 is 1.44 bits per heavy atom. The average molecular weight is 278 g/mol. The number of nitrogens with zero attached hydrogens (tertiary/aromatic N) is 1. The Kier molecular flexibility index (Phi) is 3.20. The van der Waals surface area contributed by atoms with Crippen LogP contribution in [0.5, 0.6) is 5.75 Å². The van der Waals surface area contributed by atoms with Crippen molar-refractivity contribution in [1.29, 1.82) is 0 Å². The largest absolute Gasteiger partial charge is 0.493 e. The van der Waals surface area contributed by atoms with Gasteiger partial charge in [-0.15, -0.1) is 22.7 Å². The molecule has 0 aliphatic heterocycles. The molecule has 0 spiro atoms. The van der Waals surface area contributed by atoms with Crippen molar-refractivity contribution in [2.45, 2.75) is 13.3 Å². The Labute approximate surface area is 113 Å². The van der Waals surface area contributed by atoms with Gasteiger partial charge in [-0.2, -0.15) is 0 Å². The maximum absolute atomic E-state index is 5.84. The van der Waals surface area contributed by atoms with Crippen molar-refractivity contribution in [3.05, 3.63) is 22.5 Å². The smallest absolute Gasteiger partial charge is 0.129 e. The molecule has 5 heteroatoms. The van der Waals surface area contributed by atoms with E-state index in [1.54, 1.807) is 22.7 Å². The number of fused-ring (bicyclic) bond motifs is 3. The van der Waals surface area contributed by atoms with Gasteiger partial charge in [-0.25, -0.2) is 4.98 Å². The molecule has 0 unspecified atom stereocenters. The van der Waals surface area contributed by atoms with Crippen molar-refractivity contribution in [2.24, 2.45) is 5.73 Å². The lowest BCUT2D eigenvalue weighted by Crippen LogP contribution is -2.06. The number of ether oxygens (including phenoxy) is 1. The van der Waals surface area contributed by atoms with Crippen molar-refractivity contribution in [2.75, 3.05) is 13.2 Å². The van der Waals surface area contributed by atoms with E-state index in [1.165, 1.54) is 9.40 Å². The van der Waals surface area contributed by atoms with Crippen LogP contribution in [0.4, 0.5) is 0 Å². The van der Waals surface area contributed by atoms with E-state index in [-0.39, 0.29) is 0 Å². The maximum atomic E-state index is 5.84. The van der Waals surface area contributed by atoms with E-state index in [1.807, 2.05) is 6.92 Å². The van der Waals surface area contributed by atoms with Crippen LogP contribution in [-0.4, -0.2) is 18.1 Å². The predicted molar refractivity (Wildman–Crippen MR) is 78.9 cm³/mol. The minimum Gasteiger partial charge on any atom is -0.493 e. The highest BCUT2D eigenvalue weighted by Crippen LogP contribution is 2.38. The molecule has 2 heterocycles. The van der Waals surface area contributed by atoms with Gasteiger partial charge in [0.25, 0.3) is 0 Å². The molecular weight excluding hydrogens is 264 g/mol. The fourth-order valence-corrected chi connectivity index (χ4v) is 3.80. The van der Waals surface area contributed by atoms with Gasteiger partial charge in [-0.3, -0.25) is 0 Å². The predicted octanol–water partition coefficient (Wildman–Crippen LogP) is 3.55. The van der Waals surface area contributed by atoms with E-state index in [2.05, 4.69) is 22.5 Å². The summed E-state index contributed by atoms with van der Waals surface area (Å²) in [5, 5.41) is 4.35. The summed E-state index contributed by atoms with van der Waals surface area (Å²) in [6, 6.07) is 4.21. The Morgan fingerprint density at radius 3 is 3.17 bits per heavy atom. The van der Waals surface area contributed by atoms with Gasteiger partial charge < -0.3 is 10.5 Å².